The zero-order valence-electron chi connectivity index (χ0n) is 9.92. The molecule has 1 aromatic carbocycles. The van der Waals surface area contributed by atoms with Crippen LogP contribution in [0.3, 0.4) is 0 Å². The number of nitro benzene ring substituents is 1. The van der Waals surface area contributed by atoms with E-state index in [9.17, 15) is 10.1 Å². The third kappa shape index (κ3) is 3.60. The van der Waals surface area contributed by atoms with E-state index in [2.05, 4.69) is 0 Å². The SMILES string of the molecule is CCOc1cc(N(C)CCO)cc([N+](=O)[O-])c1. The summed E-state index contributed by atoms with van der Waals surface area (Å²) in [6.07, 6.45) is 0. The van der Waals surface area contributed by atoms with Crippen molar-refractivity contribution in [1.82, 2.24) is 0 Å². The molecule has 1 rings (SSSR count). The fraction of sp³-hybridized carbons (Fsp3) is 0.455. The molecule has 1 aromatic rings. The second kappa shape index (κ2) is 6.05. The fourth-order valence-corrected chi connectivity index (χ4v) is 1.42. The van der Waals surface area contributed by atoms with Crippen LogP contribution in [0.1, 0.15) is 6.92 Å². The second-order valence-corrected chi connectivity index (χ2v) is 3.52. The van der Waals surface area contributed by atoms with Crippen molar-refractivity contribution in [2.75, 3.05) is 31.7 Å². The first-order chi connectivity index (χ1) is 8.08. The quantitative estimate of drug-likeness (QED) is 0.601. The van der Waals surface area contributed by atoms with Crippen molar-refractivity contribution in [2.24, 2.45) is 0 Å². The summed E-state index contributed by atoms with van der Waals surface area (Å²) in [7, 11) is 1.75. The van der Waals surface area contributed by atoms with Gasteiger partial charge in [-0.15, -0.1) is 0 Å². The Hall–Kier alpha value is -1.82. The van der Waals surface area contributed by atoms with Crippen molar-refractivity contribution in [3.05, 3.63) is 28.3 Å². The van der Waals surface area contributed by atoms with Crippen molar-refractivity contribution in [3.63, 3.8) is 0 Å². The lowest BCUT2D eigenvalue weighted by Gasteiger charge is -2.18. The lowest BCUT2D eigenvalue weighted by Crippen LogP contribution is -2.21. The summed E-state index contributed by atoms with van der Waals surface area (Å²) in [6, 6.07) is 4.56. The molecule has 6 heteroatoms. The van der Waals surface area contributed by atoms with Crippen LogP contribution in [0.4, 0.5) is 11.4 Å². The fourth-order valence-electron chi connectivity index (χ4n) is 1.42. The molecule has 0 amide bonds. The normalized spacial score (nSPS) is 10.1. The van der Waals surface area contributed by atoms with Gasteiger partial charge in [0.2, 0.25) is 0 Å². The average molecular weight is 240 g/mol. The first-order valence-corrected chi connectivity index (χ1v) is 5.32. The van der Waals surface area contributed by atoms with E-state index in [1.165, 1.54) is 12.1 Å². The van der Waals surface area contributed by atoms with Crippen LogP contribution in [0.5, 0.6) is 5.75 Å². The summed E-state index contributed by atoms with van der Waals surface area (Å²) >= 11 is 0. The van der Waals surface area contributed by atoms with E-state index in [0.29, 0.717) is 24.6 Å². The molecule has 0 fully saturated rings. The summed E-state index contributed by atoms with van der Waals surface area (Å²) in [5.41, 5.74) is 0.632. The minimum absolute atomic E-state index is 0.0108. The second-order valence-electron chi connectivity index (χ2n) is 3.52. The Balaban J connectivity index is 3.07. The Labute approximate surface area is 99.6 Å². The minimum atomic E-state index is -0.460. The van der Waals surface area contributed by atoms with E-state index in [1.54, 1.807) is 18.0 Å². The summed E-state index contributed by atoms with van der Waals surface area (Å²) < 4.78 is 5.27. The summed E-state index contributed by atoms with van der Waals surface area (Å²) in [5.74, 6) is 0.460. The molecule has 0 saturated carbocycles. The van der Waals surface area contributed by atoms with E-state index in [0.717, 1.165) is 0 Å². The Morgan fingerprint density at radius 2 is 2.18 bits per heavy atom. The van der Waals surface area contributed by atoms with E-state index in [4.69, 9.17) is 9.84 Å². The molecule has 0 bridgehead atoms. The van der Waals surface area contributed by atoms with Gasteiger partial charge in [0.25, 0.3) is 5.69 Å². The number of rotatable bonds is 6. The molecule has 0 saturated heterocycles. The maximum Gasteiger partial charge on any atom is 0.275 e. The summed E-state index contributed by atoms with van der Waals surface area (Å²) in [4.78, 5) is 12.0. The summed E-state index contributed by atoms with van der Waals surface area (Å²) in [6.45, 7) is 2.66. The lowest BCUT2D eigenvalue weighted by atomic mass is 10.2. The predicted molar refractivity (Wildman–Crippen MR) is 64.6 cm³/mol. The first-order valence-electron chi connectivity index (χ1n) is 5.32. The number of nitro groups is 1. The average Bonchev–Trinajstić information content (AvgIpc) is 2.29. The molecule has 6 nitrogen and oxygen atoms in total. The van der Waals surface area contributed by atoms with Gasteiger partial charge in [0.05, 0.1) is 24.2 Å². The van der Waals surface area contributed by atoms with Crippen LogP contribution in [0, 0.1) is 10.1 Å². The van der Waals surface area contributed by atoms with E-state index in [1.807, 2.05) is 6.92 Å². The molecule has 0 aliphatic carbocycles. The Morgan fingerprint density at radius 3 is 2.71 bits per heavy atom. The highest BCUT2D eigenvalue weighted by Crippen LogP contribution is 2.27. The zero-order chi connectivity index (χ0) is 12.8. The van der Waals surface area contributed by atoms with Gasteiger partial charge in [-0.25, -0.2) is 0 Å². The molecular weight excluding hydrogens is 224 g/mol. The highest BCUT2D eigenvalue weighted by Gasteiger charge is 2.12. The lowest BCUT2D eigenvalue weighted by molar-refractivity contribution is -0.384. The van der Waals surface area contributed by atoms with Crippen LogP contribution in [0.2, 0.25) is 0 Å². The van der Waals surface area contributed by atoms with Crippen molar-refractivity contribution in [2.45, 2.75) is 6.92 Å². The molecule has 0 heterocycles. The molecule has 0 aliphatic rings. The van der Waals surface area contributed by atoms with Gasteiger partial charge >= 0.3 is 0 Å². The maximum absolute atomic E-state index is 10.8. The van der Waals surface area contributed by atoms with Gasteiger partial charge in [-0.3, -0.25) is 10.1 Å². The van der Waals surface area contributed by atoms with Gasteiger partial charge < -0.3 is 14.7 Å². The number of ether oxygens (including phenoxy) is 1. The van der Waals surface area contributed by atoms with Gasteiger partial charge in [0.15, 0.2) is 0 Å². The Bertz CT molecular complexity index is 395. The number of benzene rings is 1. The standard InChI is InChI=1S/C11H16N2O4/c1-3-17-11-7-9(12(2)4-5-14)6-10(8-11)13(15)16/h6-8,14H,3-5H2,1-2H3. The van der Waals surface area contributed by atoms with E-state index >= 15 is 0 Å². The number of likely N-dealkylation sites (N-methyl/N-ethyl adjacent to an activating group) is 1. The molecule has 0 aromatic heterocycles. The van der Waals surface area contributed by atoms with Gasteiger partial charge in [0.1, 0.15) is 5.75 Å². The van der Waals surface area contributed by atoms with Crippen LogP contribution in [-0.2, 0) is 0 Å². The number of aliphatic hydroxyl groups is 1. The molecule has 1 N–H and O–H groups in total. The molecule has 0 aliphatic heterocycles. The van der Waals surface area contributed by atoms with Crippen LogP contribution in [-0.4, -0.2) is 36.8 Å². The smallest absolute Gasteiger partial charge is 0.275 e. The van der Waals surface area contributed by atoms with E-state index in [-0.39, 0.29) is 12.3 Å². The van der Waals surface area contributed by atoms with Crippen molar-refractivity contribution in [3.8, 4) is 5.75 Å². The maximum atomic E-state index is 10.8. The largest absolute Gasteiger partial charge is 0.494 e. The minimum Gasteiger partial charge on any atom is -0.494 e. The molecule has 0 radical (unpaired) electrons. The Morgan fingerprint density at radius 1 is 1.47 bits per heavy atom. The molecule has 0 unspecified atom stereocenters. The third-order valence-electron chi connectivity index (χ3n) is 2.27. The topological polar surface area (TPSA) is 75.8 Å². The highest BCUT2D eigenvalue weighted by molar-refractivity contribution is 5.57. The van der Waals surface area contributed by atoms with Crippen LogP contribution in [0.15, 0.2) is 18.2 Å². The molecular formula is C11H16N2O4. The number of hydrogen-bond donors (Lipinski definition) is 1. The predicted octanol–water partition coefficient (Wildman–Crippen LogP) is 1.42. The Kier molecular flexibility index (Phi) is 4.71. The van der Waals surface area contributed by atoms with Crippen LogP contribution < -0.4 is 9.64 Å². The molecule has 17 heavy (non-hydrogen) atoms. The third-order valence-corrected chi connectivity index (χ3v) is 2.27. The zero-order valence-corrected chi connectivity index (χ0v) is 9.92. The van der Waals surface area contributed by atoms with Gasteiger partial charge in [0, 0.05) is 31.4 Å². The summed E-state index contributed by atoms with van der Waals surface area (Å²) in [5, 5.41) is 19.6. The van der Waals surface area contributed by atoms with Crippen molar-refractivity contribution < 1.29 is 14.8 Å². The monoisotopic (exact) mass is 240 g/mol. The number of aliphatic hydroxyl groups excluding tert-OH is 1. The number of nitrogens with zero attached hydrogens (tertiary/aromatic N) is 2. The van der Waals surface area contributed by atoms with Gasteiger partial charge in [-0.05, 0) is 6.92 Å². The molecule has 0 atom stereocenters. The van der Waals surface area contributed by atoms with Gasteiger partial charge in [-0.2, -0.15) is 0 Å². The van der Waals surface area contributed by atoms with E-state index < -0.39 is 4.92 Å². The van der Waals surface area contributed by atoms with Crippen molar-refractivity contribution in [1.29, 1.82) is 0 Å². The first kappa shape index (κ1) is 13.2. The number of hydrogen-bond acceptors (Lipinski definition) is 5. The number of non-ortho nitro benzene ring substituents is 1. The van der Waals surface area contributed by atoms with Crippen LogP contribution in [0.25, 0.3) is 0 Å². The number of anilines is 1. The van der Waals surface area contributed by atoms with Crippen molar-refractivity contribution >= 4 is 11.4 Å². The van der Waals surface area contributed by atoms with Gasteiger partial charge in [-0.1, -0.05) is 0 Å². The molecule has 94 valence electrons. The van der Waals surface area contributed by atoms with Crippen LogP contribution >= 0.6 is 0 Å². The molecule has 0 spiro atoms. The highest BCUT2D eigenvalue weighted by atomic mass is 16.6.